The maximum atomic E-state index is 11.8. The highest BCUT2D eigenvalue weighted by Crippen LogP contribution is 2.36. The van der Waals surface area contributed by atoms with Crippen LogP contribution in [-0.4, -0.2) is 31.3 Å². The van der Waals surface area contributed by atoms with Gasteiger partial charge in [-0.1, -0.05) is 6.07 Å². The largest absolute Gasteiger partial charge is 0.340 e. The van der Waals surface area contributed by atoms with Crippen LogP contribution in [0.25, 0.3) is 0 Å². The molecule has 1 aromatic carbocycles. The zero-order valence-corrected chi connectivity index (χ0v) is 10.9. The van der Waals surface area contributed by atoms with Gasteiger partial charge in [0.2, 0.25) is 5.91 Å². The standard InChI is InChI=1S/C12H15N3O2S/c1-14-12(17)15-9-6-8(4-5-13)2-3-10(9)18-7-11(15)16/h2-3,6H,4-5,7,13H2,1H3,(H,14,17). The maximum absolute atomic E-state index is 11.8. The molecule has 6 heteroatoms. The van der Waals surface area contributed by atoms with Crippen molar-refractivity contribution in [1.29, 1.82) is 0 Å². The van der Waals surface area contributed by atoms with E-state index in [1.807, 2.05) is 18.2 Å². The lowest BCUT2D eigenvalue weighted by Crippen LogP contribution is -2.45. The van der Waals surface area contributed by atoms with Crippen molar-refractivity contribution >= 4 is 29.4 Å². The molecule has 0 bridgehead atoms. The van der Waals surface area contributed by atoms with Crippen LogP contribution in [0.15, 0.2) is 23.1 Å². The Morgan fingerprint density at radius 3 is 3.00 bits per heavy atom. The number of benzene rings is 1. The molecule has 2 rings (SSSR count). The van der Waals surface area contributed by atoms with Gasteiger partial charge < -0.3 is 11.1 Å². The SMILES string of the molecule is CNC(=O)N1C(=O)CSc2ccc(CCN)cc21. The zero-order chi connectivity index (χ0) is 13.1. The normalized spacial score (nSPS) is 14.3. The van der Waals surface area contributed by atoms with Crippen molar-refractivity contribution in [3.05, 3.63) is 23.8 Å². The molecule has 1 aliphatic rings. The van der Waals surface area contributed by atoms with Crippen LogP contribution >= 0.6 is 11.8 Å². The lowest BCUT2D eigenvalue weighted by Gasteiger charge is -2.27. The Hall–Kier alpha value is -1.53. The monoisotopic (exact) mass is 265 g/mol. The molecule has 0 saturated heterocycles. The molecule has 5 nitrogen and oxygen atoms in total. The first-order chi connectivity index (χ1) is 8.67. The number of urea groups is 1. The molecule has 1 heterocycles. The van der Waals surface area contributed by atoms with Gasteiger partial charge in [0.05, 0.1) is 11.4 Å². The predicted octanol–water partition coefficient (Wildman–Crippen LogP) is 0.966. The van der Waals surface area contributed by atoms with E-state index < -0.39 is 6.03 Å². The first-order valence-corrected chi connectivity index (χ1v) is 6.66. The fourth-order valence-electron chi connectivity index (χ4n) is 1.85. The van der Waals surface area contributed by atoms with Crippen molar-refractivity contribution in [3.8, 4) is 0 Å². The van der Waals surface area contributed by atoms with Crippen LogP contribution in [0.4, 0.5) is 10.5 Å². The zero-order valence-electron chi connectivity index (χ0n) is 10.1. The van der Waals surface area contributed by atoms with E-state index in [2.05, 4.69) is 5.32 Å². The molecule has 0 aromatic heterocycles. The van der Waals surface area contributed by atoms with Gasteiger partial charge in [-0.15, -0.1) is 11.8 Å². The molecule has 1 aromatic rings. The maximum Gasteiger partial charge on any atom is 0.328 e. The van der Waals surface area contributed by atoms with Gasteiger partial charge in [0, 0.05) is 11.9 Å². The van der Waals surface area contributed by atoms with E-state index >= 15 is 0 Å². The number of nitrogens with zero attached hydrogens (tertiary/aromatic N) is 1. The van der Waals surface area contributed by atoms with Gasteiger partial charge in [-0.25, -0.2) is 9.69 Å². The average Bonchev–Trinajstić information content (AvgIpc) is 2.38. The van der Waals surface area contributed by atoms with E-state index in [-0.39, 0.29) is 11.7 Å². The molecule has 0 fully saturated rings. The molecule has 0 saturated carbocycles. The fraction of sp³-hybridized carbons (Fsp3) is 0.333. The van der Waals surface area contributed by atoms with E-state index in [1.54, 1.807) is 0 Å². The summed E-state index contributed by atoms with van der Waals surface area (Å²) in [5.41, 5.74) is 7.20. The molecule has 0 spiro atoms. The number of carbonyl (C=O) groups excluding carboxylic acids is 2. The van der Waals surface area contributed by atoms with Crippen LogP contribution in [-0.2, 0) is 11.2 Å². The van der Waals surface area contributed by atoms with Gasteiger partial charge >= 0.3 is 6.03 Å². The number of anilines is 1. The van der Waals surface area contributed by atoms with Crippen molar-refractivity contribution in [2.75, 3.05) is 24.2 Å². The molecule has 0 radical (unpaired) electrons. The van der Waals surface area contributed by atoms with Crippen molar-refractivity contribution in [1.82, 2.24) is 5.32 Å². The molecule has 0 unspecified atom stereocenters. The van der Waals surface area contributed by atoms with E-state index in [9.17, 15) is 9.59 Å². The number of imide groups is 1. The molecule has 0 aliphatic carbocycles. The van der Waals surface area contributed by atoms with Crippen molar-refractivity contribution < 1.29 is 9.59 Å². The lowest BCUT2D eigenvalue weighted by atomic mass is 10.1. The molecular weight excluding hydrogens is 250 g/mol. The molecular formula is C12H15N3O2S. The third-order valence-electron chi connectivity index (χ3n) is 2.71. The minimum Gasteiger partial charge on any atom is -0.340 e. The first-order valence-electron chi connectivity index (χ1n) is 5.68. The number of amides is 3. The van der Waals surface area contributed by atoms with Gasteiger partial charge in [0.25, 0.3) is 0 Å². The minimum absolute atomic E-state index is 0.197. The van der Waals surface area contributed by atoms with Crippen LogP contribution in [0.1, 0.15) is 5.56 Å². The Bertz CT molecular complexity index is 490. The second-order valence-corrected chi connectivity index (χ2v) is 4.93. The summed E-state index contributed by atoms with van der Waals surface area (Å²) in [6, 6.07) is 5.39. The van der Waals surface area contributed by atoms with Gasteiger partial charge in [-0.05, 0) is 30.7 Å². The van der Waals surface area contributed by atoms with Crippen LogP contribution in [0.3, 0.4) is 0 Å². The number of thioether (sulfide) groups is 1. The van der Waals surface area contributed by atoms with Gasteiger partial charge in [0.15, 0.2) is 0 Å². The van der Waals surface area contributed by atoms with E-state index in [0.717, 1.165) is 16.9 Å². The second kappa shape index (κ2) is 5.41. The highest BCUT2D eigenvalue weighted by atomic mass is 32.2. The summed E-state index contributed by atoms with van der Waals surface area (Å²) in [6.45, 7) is 0.542. The summed E-state index contributed by atoms with van der Waals surface area (Å²) in [6.07, 6.45) is 0.730. The lowest BCUT2D eigenvalue weighted by molar-refractivity contribution is -0.115. The Labute approximate surface area is 110 Å². The number of nitrogens with two attached hydrogens (primary N) is 1. The molecule has 18 heavy (non-hydrogen) atoms. The molecule has 96 valence electrons. The Balaban J connectivity index is 2.43. The summed E-state index contributed by atoms with van der Waals surface area (Å²) in [5, 5.41) is 2.49. The van der Waals surface area contributed by atoms with Crippen LogP contribution in [0, 0.1) is 0 Å². The quantitative estimate of drug-likeness (QED) is 0.835. The van der Waals surface area contributed by atoms with Crippen molar-refractivity contribution in [3.63, 3.8) is 0 Å². The number of nitrogens with one attached hydrogen (secondary N) is 1. The molecule has 0 atom stereocenters. The van der Waals surface area contributed by atoms with Crippen molar-refractivity contribution in [2.45, 2.75) is 11.3 Å². The summed E-state index contributed by atoms with van der Waals surface area (Å²) < 4.78 is 0. The van der Waals surface area contributed by atoms with Crippen LogP contribution in [0.5, 0.6) is 0 Å². The third kappa shape index (κ3) is 2.34. The first kappa shape index (κ1) is 12.9. The van der Waals surface area contributed by atoms with Gasteiger partial charge in [-0.2, -0.15) is 0 Å². The topological polar surface area (TPSA) is 75.4 Å². The molecule has 3 N–H and O–H groups in total. The average molecular weight is 265 g/mol. The van der Waals surface area contributed by atoms with Gasteiger partial charge in [-0.3, -0.25) is 4.79 Å². The molecule has 3 amide bonds. The van der Waals surface area contributed by atoms with E-state index in [1.165, 1.54) is 23.7 Å². The summed E-state index contributed by atoms with van der Waals surface area (Å²) in [5.74, 6) is 0.0909. The summed E-state index contributed by atoms with van der Waals surface area (Å²) in [7, 11) is 1.51. The summed E-state index contributed by atoms with van der Waals surface area (Å²) >= 11 is 1.45. The highest BCUT2D eigenvalue weighted by molar-refractivity contribution is 8.00. The molecule has 1 aliphatic heterocycles. The number of rotatable bonds is 2. The Kier molecular flexibility index (Phi) is 3.88. The number of hydrogen-bond acceptors (Lipinski definition) is 4. The Morgan fingerprint density at radius 2 is 2.33 bits per heavy atom. The number of hydrogen-bond donors (Lipinski definition) is 2. The minimum atomic E-state index is -0.397. The number of carbonyl (C=O) groups is 2. The van der Waals surface area contributed by atoms with Crippen molar-refractivity contribution in [2.24, 2.45) is 5.73 Å². The predicted molar refractivity (Wildman–Crippen MR) is 71.9 cm³/mol. The fourth-order valence-corrected chi connectivity index (χ4v) is 2.73. The highest BCUT2D eigenvalue weighted by Gasteiger charge is 2.29. The van der Waals surface area contributed by atoms with Crippen LogP contribution < -0.4 is 16.0 Å². The number of fused-ring (bicyclic) bond motifs is 1. The van der Waals surface area contributed by atoms with Gasteiger partial charge in [0.1, 0.15) is 0 Å². The van der Waals surface area contributed by atoms with E-state index in [4.69, 9.17) is 5.73 Å². The smallest absolute Gasteiger partial charge is 0.328 e. The van der Waals surface area contributed by atoms with E-state index in [0.29, 0.717) is 12.2 Å². The van der Waals surface area contributed by atoms with Crippen LogP contribution in [0.2, 0.25) is 0 Å². The Morgan fingerprint density at radius 1 is 1.56 bits per heavy atom. The second-order valence-electron chi connectivity index (χ2n) is 3.91. The third-order valence-corrected chi connectivity index (χ3v) is 3.76. The summed E-state index contributed by atoms with van der Waals surface area (Å²) in [4.78, 5) is 25.8.